The predicted octanol–water partition coefficient (Wildman–Crippen LogP) is 2.94. The Morgan fingerprint density at radius 1 is 1.50 bits per heavy atom. The van der Waals surface area contributed by atoms with Crippen LogP contribution in [0.1, 0.15) is 25.6 Å². The lowest BCUT2D eigenvalue weighted by Crippen LogP contribution is -2.40. The third kappa shape index (κ3) is 5.30. The number of hydrogen-bond acceptors (Lipinski definition) is 3. The number of nitrogens with one attached hydrogen (secondary N) is 1. The van der Waals surface area contributed by atoms with Gasteiger partial charge >= 0.3 is 0 Å². The lowest BCUT2D eigenvalue weighted by Gasteiger charge is -2.23. The summed E-state index contributed by atoms with van der Waals surface area (Å²) in [5.74, 6) is 0.604. The van der Waals surface area contributed by atoms with E-state index in [4.69, 9.17) is 11.6 Å². The molecular formula is C12H20ClNOS. The zero-order chi connectivity index (χ0) is 12.2. The van der Waals surface area contributed by atoms with E-state index in [2.05, 4.69) is 19.2 Å². The maximum Gasteiger partial charge on any atom is 0.0931 e. The molecule has 16 heavy (non-hydrogen) atoms. The minimum Gasteiger partial charge on any atom is -0.388 e. The number of thiophene rings is 1. The third-order valence-electron chi connectivity index (χ3n) is 2.24. The van der Waals surface area contributed by atoms with Crippen molar-refractivity contribution in [1.82, 2.24) is 5.32 Å². The summed E-state index contributed by atoms with van der Waals surface area (Å²) in [6, 6.07) is 3.85. The van der Waals surface area contributed by atoms with Crippen molar-refractivity contribution in [1.29, 1.82) is 0 Å². The molecule has 92 valence electrons. The van der Waals surface area contributed by atoms with Crippen molar-refractivity contribution in [2.45, 2.75) is 32.8 Å². The van der Waals surface area contributed by atoms with Crippen molar-refractivity contribution in [3.05, 3.63) is 21.3 Å². The van der Waals surface area contributed by atoms with Gasteiger partial charge in [-0.05, 0) is 31.5 Å². The standard InChI is InChI=1S/C12H20ClNOS/c1-9(2)7-14-8-12(3,15)6-10-4-5-11(13)16-10/h4-5,9,14-15H,6-8H2,1-3H3. The molecule has 1 rings (SSSR count). The van der Waals surface area contributed by atoms with E-state index in [0.717, 1.165) is 15.8 Å². The highest BCUT2D eigenvalue weighted by Gasteiger charge is 2.21. The average molecular weight is 262 g/mol. The predicted molar refractivity (Wildman–Crippen MR) is 71.4 cm³/mol. The molecule has 1 heterocycles. The second-order valence-corrected chi connectivity index (χ2v) is 6.70. The molecule has 1 aromatic rings. The summed E-state index contributed by atoms with van der Waals surface area (Å²) < 4.78 is 0.779. The number of rotatable bonds is 6. The van der Waals surface area contributed by atoms with Crippen LogP contribution < -0.4 is 5.32 Å². The maximum absolute atomic E-state index is 10.2. The van der Waals surface area contributed by atoms with Gasteiger partial charge in [-0.25, -0.2) is 0 Å². The van der Waals surface area contributed by atoms with Gasteiger partial charge in [-0.1, -0.05) is 25.4 Å². The van der Waals surface area contributed by atoms with Crippen molar-refractivity contribution >= 4 is 22.9 Å². The maximum atomic E-state index is 10.2. The molecule has 0 aliphatic heterocycles. The molecule has 0 fully saturated rings. The monoisotopic (exact) mass is 261 g/mol. The Labute approximate surface area is 107 Å². The largest absolute Gasteiger partial charge is 0.388 e. The highest BCUT2D eigenvalue weighted by Crippen LogP contribution is 2.24. The highest BCUT2D eigenvalue weighted by molar-refractivity contribution is 7.16. The van der Waals surface area contributed by atoms with Crippen molar-refractivity contribution in [3.8, 4) is 0 Å². The molecule has 0 bridgehead atoms. The van der Waals surface area contributed by atoms with Gasteiger partial charge in [0.1, 0.15) is 0 Å². The fourth-order valence-corrected chi connectivity index (χ4v) is 2.78. The van der Waals surface area contributed by atoms with E-state index in [1.165, 1.54) is 11.3 Å². The van der Waals surface area contributed by atoms with Crippen LogP contribution in [-0.4, -0.2) is 23.8 Å². The van der Waals surface area contributed by atoms with Crippen LogP contribution in [-0.2, 0) is 6.42 Å². The fourth-order valence-electron chi connectivity index (χ4n) is 1.51. The average Bonchev–Trinajstić information content (AvgIpc) is 2.48. The first-order chi connectivity index (χ1) is 7.39. The summed E-state index contributed by atoms with van der Waals surface area (Å²) in [5, 5.41) is 13.5. The molecule has 1 aromatic heterocycles. The van der Waals surface area contributed by atoms with Crippen LogP contribution >= 0.6 is 22.9 Å². The van der Waals surface area contributed by atoms with Gasteiger partial charge in [0, 0.05) is 17.8 Å². The molecule has 0 saturated carbocycles. The molecule has 0 radical (unpaired) electrons. The number of aliphatic hydroxyl groups is 1. The molecule has 0 aliphatic carbocycles. The first-order valence-electron chi connectivity index (χ1n) is 5.56. The molecule has 1 unspecified atom stereocenters. The van der Waals surface area contributed by atoms with Gasteiger partial charge in [0.25, 0.3) is 0 Å². The quantitative estimate of drug-likeness (QED) is 0.825. The van der Waals surface area contributed by atoms with Crippen molar-refractivity contribution in [3.63, 3.8) is 0 Å². The van der Waals surface area contributed by atoms with E-state index in [1.807, 2.05) is 19.1 Å². The van der Waals surface area contributed by atoms with E-state index in [0.29, 0.717) is 18.9 Å². The van der Waals surface area contributed by atoms with Crippen LogP contribution in [0, 0.1) is 5.92 Å². The van der Waals surface area contributed by atoms with Gasteiger partial charge in [-0.15, -0.1) is 11.3 Å². The van der Waals surface area contributed by atoms with E-state index < -0.39 is 5.60 Å². The van der Waals surface area contributed by atoms with Gasteiger partial charge in [0.15, 0.2) is 0 Å². The second kappa shape index (κ2) is 6.01. The molecule has 0 aliphatic rings. The van der Waals surface area contributed by atoms with Gasteiger partial charge < -0.3 is 10.4 Å². The molecule has 0 amide bonds. The van der Waals surface area contributed by atoms with Gasteiger partial charge in [0.2, 0.25) is 0 Å². The smallest absolute Gasteiger partial charge is 0.0931 e. The van der Waals surface area contributed by atoms with Crippen molar-refractivity contribution < 1.29 is 5.11 Å². The van der Waals surface area contributed by atoms with Crippen LogP contribution in [0.15, 0.2) is 12.1 Å². The molecule has 2 nitrogen and oxygen atoms in total. The van der Waals surface area contributed by atoms with Crippen molar-refractivity contribution in [2.75, 3.05) is 13.1 Å². The molecular weight excluding hydrogens is 242 g/mol. The summed E-state index contributed by atoms with van der Waals surface area (Å²) in [5.41, 5.74) is -0.705. The summed E-state index contributed by atoms with van der Waals surface area (Å²) in [6.07, 6.45) is 0.648. The van der Waals surface area contributed by atoms with Crippen LogP contribution in [0.5, 0.6) is 0 Å². The Bertz CT molecular complexity index is 323. The molecule has 2 N–H and O–H groups in total. The second-order valence-electron chi connectivity index (χ2n) is 4.90. The van der Waals surface area contributed by atoms with Crippen LogP contribution in [0.3, 0.4) is 0 Å². The minimum atomic E-state index is -0.705. The normalized spacial score (nSPS) is 15.4. The lowest BCUT2D eigenvalue weighted by molar-refractivity contribution is 0.0604. The highest BCUT2D eigenvalue weighted by atomic mass is 35.5. The summed E-state index contributed by atoms with van der Waals surface area (Å²) >= 11 is 7.39. The molecule has 1 atom stereocenters. The van der Waals surface area contributed by atoms with Crippen LogP contribution in [0.2, 0.25) is 4.34 Å². The van der Waals surface area contributed by atoms with Gasteiger partial charge in [-0.3, -0.25) is 0 Å². The Kier molecular flexibility index (Phi) is 5.25. The topological polar surface area (TPSA) is 32.3 Å². The zero-order valence-corrected chi connectivity index (χ0v) is 11.7. The Hall–Kier alpha value is -0.0900. The zero-order valence-electron chi connectivity index (χ0n) is 10.1. The minimum absolute atomic E-state index is 0.604. The molecule has 0 aromatic carbocycles. The Morgan fingerprint density at radius 2 is 2.19 bits per heavy atom. The Morgan fingerprint density at radius 3 is 2.69 bits per heavy atom. The lowest BCUT2D eigenvalue weighted by atomic mass is 10.0. The van der Waals surface area contributed by atoms with Gasteiger partial charge in [-0.2, -0.15) is 0 Å². The van der Waals surface area contributed by atoms with E-state index >= 15 is 0 Å². The van der Waals surface area contributed by atoms with Gasteiger partial charge in [0.05, 0.1) is 9.94 Å². The molecule has 0 spiro atoms. The summed E-state index contributed by atoms with van der Waals surface area (Å²) in [6.45, 7) is 7.71. The molecule has 4 heteroatoms. The number of hydrogen-bond donors (Lipinski definition) is 2. The Balaban J connectivity index is 2.39. The number of halogens is 1. The van der Waals surface area contributed by atoms with E-state index in [1.54, 1.807) is 0 Å². The summed E-state index contributed by atoms with van der Waals surface area (Å²) in [4.78, 5) is 1.13. The first kappa shape index (κ1) is 14.0. The molecule has 0 saturated heterocycles. The SMILES string of the molecule is CC(C)CNCC(C)(O)Cc1ccc(Cl)s1. The van der Waals surface area contributed by atoms with Crippen LogP contribution in [0.4, 0.5) is 0 Å². The third-order valence-corrected chi connectivity index (χ3v) is 3.47. The van der Waals surface area contributed by atoms with E-state index in [9.17, 15) is 5.11 Å². The first-order valence-corrected chi connectivity index (χ1v) is 6.76. The van der Waals surface area contributed by atoms with Crippen molar-refractivity contribution in [2.24, 2.45) is 5.92 Å². The van der Waals surface area contributed by atoms with E-state index in [-0.39, 0.29) is 0 Å². The summed E-state index contributed by atoms with van der Waals surface area (Å²) in [7, 11) is 0. The fraction of sp³-hybridized carbons (Fsp3) is 0.667. The van der Waals surface area contributed by atoms with Crippen LogP contribution in [0.25, 0.3) is 0 Å².